The zero-order chi connectivity index (χ0) is 50.7. The van der Waals surface area contributed by atoms with Crippen LogP contribution in [-0.2, 0) is 28.6 Å². The van der Waals surface area contributed by atoms with Gasteiger partial charge in [0.15, 0.2) is 6.10 Å². The zero-order valence-electron chi connectivity index (χ0n) is 47.3. The number of allylic oxidation sites excluding steroid dienone is 4. The van der Waals surface area contributed by atoms with Crippen LogP contribution < -0.4 is 0 Å². The summed E-state index contributed by atoms with van der Waals surface area (Å²) in [5, 5.41) is 0. The Kier molecular flexibility index (Phi) is 57.7. The van der Waals surface area contributed by atoms with Gasteiger partial charge in [0.2, 0.25) is 0 Å². The molecule has 0 saturated heterocycles. The van der Waals surface area contributed by atoms with Crippen molar-refractivity contribution in [3.05, 3.63) is 24.3 Å². The standard InChI is InChI=1S/C64H120O6/c1-4-7-10-13-16-19-22-25-27-29-31-32-34-35-37-39-42-45-48-51-54-57-63(66)69-60-61(59-68-62(65)56-53-50-47-44-41-24-21-18-15-12-9-6-3)70-64(67)58-55-52-49-46-43-40-38-36-33-30-28-26-23-20-17-14-11-8-5-2/h25-28,61H,4-24,29-60H2,1-3H3/b27-25-,28-26-/t61-/m0/s1. The van der Waals surface area contributed by atoms with Crippen LogP contribution in [0, 0.1) is 0 Å². The molecule has 0 fully saturated rings. The van der Waals surface area contributed by atoms with Gasteiger partial charge in [0, 0.05) is 19.3 Å². The van der Waals surface area contributed by atoms with Crippen LogP contribution in [0.2, 0.25) is 0 Å². The Morgan fingerprint density at radius 3 is 0.714 bits per heavy atom. The van der Waals surface area contributed by atoms with Crippen LogP contribution in [0.15, 0.2) is 24.3 Å². The number of hydrogen-bond donors (Lipinski definition) is 0. The molecule has 70 heavy (non-hydrogen) atoms. The Morgan fingerprint density at radius 1 is 0.271 bits per heavy atom. The number of esters is 3. The quantitative estimate of drug-likeness (QED) is 0.0261. The molecule has 412 valence electrons. The molecule has 0 N–H and O–H groups in total. The summed E-state index contributed by atoms with van der Waals surface area (Å²) in [5.74, 6) is -0.846. The second kappa shape index (κ2) is 59.5. The molecule has 0 aliphatic rings. The summed E-state index contributed by atoms with van der Waals surface area (Å²) in [7, 11) is 0. The molecular formula is C64H120O6. The fraction of sp³-hybridized carbons (Fsp3) is 0.891. The van der Waals surface area contributed by atoms with Gasteiger partial charge in [0.25, 0.3) is 0 Å². The number of rotatable bonds is 58. The van der Waals surface area contributed by atoms with Crippen LogP contribution in [0.5, 0.6) is 0 Å². The molecule has 0 aliphatic carbocycles. The molecule has 0 aromatic heterocycles. The molecule has 0 unspecified atom stereocenters. The van der Waals surface area contributed by atoms with Gasteiger partial charge in [-0.2, -0.15) is 0 Å². The van der Waals surface area contributed by atoms with Gasteiger partial charge in [-0.15, -0.1) is 0 Å². The predicted octanol–water partition coefficient (Wildman–Crippen LogP) is 21.1. The molecule has 0 spiro atoms. The van der Waals surface area contributed by atoms with Crippen LogP contribution in [-0.4, -0.2) is 37.2 Å². The highest BCUT2D eigenvalue weighted by molar-refractivity contribution is 5.71. The van der Waals surface area contributed by atoms with Crippen molar-refractivity contribution >= 4 is 17.9 Å². The van der Waals surface area contributed by atoms with Gasteiger partial charge < -0.3 is 14.2 Å². The van der Waals surface area contributed by atoms with Gasteiger partial charge in [-0.05, 0) is 70.6 Å². The fourth-order valence-electron chi connectivity index (χ4n) is 9.44. The zero-order valence-corrected chi connectivity index (χ0v) is 47.3. The lowest BCUT2D eigenvalue weighted by atomic mass is 10.0. The van der Waals surface area contributed by atoms with Crippen molar-refractivity contribution in [1.29, 1.82) is 0 Å². The summed E-state index contributed by atoms with van der Waals surface area (Å²) in [6.07, 6.45) is 70.3. The van der Waals surface area contributed by atoms with E-state index in [9.17, 15) is 14.4 Å². The number of ether oxygens (including phenoxy) is 3. The van der Waals surface area contributed by atoms with Crippen LogP contribution in [0.3, 0.4) is 0 Å². The molecule has 6 nitrogen and oxygen atoms in total. The number of unbranched alkanes of at least 4 members (excludes halogenated alkanes) is 43. The van der Waals surface area contributed by atoms with Gasteiger partial charge in [-0.3, -0.25) is 14.4 Å². The average molecular weight is 986 g/mol. The number of carbonyl (C=O) groups excluding carboxylic acids is 3. The van der Waals surface area contributed by atoms with Crippen molar-refractivity contribution in [3.63, 3.8) is 0 Å². The Hall–Kier alpha value is -2.11. The highest BCUT2D eigenvalue weighted by Crippen LogP contribution is 2.17. The van der Waals surface area contributed by atoms with Crippen molar-refractivity contribution in [1.82, 2.24) is 0 Å². The van der Waals surface area contributed by atoms with Crippen molar-refractivity contribution in [2.75, 3.05) is 13.2 Å². The third-order valence-corrected chi connectivity index (χ3v) is 14.2. The molecule has 0 rings (SSSR count). The van der Waals surface area contributed by atoms with Crippen molar-refractivity contribution in [3.8, 4) is 0 Å². The summed E-state index contributed by atoms with van der Waals surface area (Å²) in [6, 6.07) is 0. The maximum absolute atomic E-state index is 12.9. The molecule has 0 bridgehead atoms. The van der Waals surface area contributed by atoms with Crippen molar-refractivity contribution in [2.24, 2.45) is 0 Å². The Labute approximate surface area is 436 Å². The minimum atomic E-state index is -0.769. The molecule has 0 amide bonds. The van der Waals surface area contributed by atoms with E-state index in [4.69, 9.17) is 14.2 Å². The van der Waals surface area contributed by atoms with Gasteiger partial charge >= 0.3 is 17.9 Å². The molecule has 0 saturated carbocycles. The molecule has 0 heterocycles. The molecule has 1 atom stereocenters. The first-order chi connectivity index (χ1) is 34.5. The summed E-state index contributed by atoms with van der Waals surface area (Å²) in [4.78, 5) is 38.2. The van der Waals surface area contributed by atoms with Crippen LogP contribution in [0.4, 0.5) is 0 Å². The van der Waals surface area contributed by atoms with Crippen molar-refractivity contribution < 1.29 is 28.6 Å². The van der Waals surface area contributed by atoms with E-state index in [-0.39, 0.29) is 31.1 Å². The van der Waals surface area contributed by atoms with E-state index in [1.165, 1.54) is 250 Å². The van der Waals surface area contributed by atoms with Gasteiger partial charge in [0.1, 0.15) is 13.2 Å². The first-order valence-corrected chi connectivity index (χ1v) is 31.3. The summed E-state index contributed by atoms with van der Waals surface area (Å²) in [5.41, 5.74) is 0. The maximum Gasteiger partial charge on any atom is 0.306 e. The minimum absolute atomic E-state index is 0.0672. The molecule has 0 aliphatic heterocycles. The monoisotopic (exact) mass is 985 g/mol. The average Bonchev–Trinajstić information content (AvgIpc) is 3.36. The lowest BCUT2D eigenvalue weighted by molar-refractivity contribution is -0.167. The number of carbonyl (C=O) groups is 3. The normalized spacial score (nSPS) is 12.1. The minimum Gasteiger partial charge on any atom is -0.462 e. The maximum atomic E-state index is 12.9. The molecule has 0 aromatic carbocycles. The van der Waals surface area contributed by atoms with E-state index in [2.05, 4.69) is 45.1 Å². The van der Waals surface area contributed by atoms with Gasteiger partial charge in [-0.25, -0.2) is 0 Å². The van der Waals surface area contributed by atoms with E-state index in [0.29, 0.717) is 19.3 Å². The first kappa shape index (κ1) is 67.9. The predicted molar refractivity (Wildman–Crippen MR) is 303 cm³/mol. The Bertz CT molecular complexity index is 1130. The third kappa shape index (κ3) is 56.8. The molecule has 6 heteroatoms. The summed E-state index contributed by atoms with van der Waals surface area (Å²) in [6.45, 7) is 6.68. The lowest BCUT2D eigenvalue weighted by Crippen LogP contribution is -2.30. The van der Waals surface area contributed by atoms with Crippen LogP contribution in [0.25, 0.3) is 0 Å². The van der Waals surface area contributed by atoms with E-state index in [1.807, 2.05) is 0 Å². The topological polar surface area (TPSA) is 78.9 Å². The highest BCUT2D eigenvalue weighted by Gasteiger charge is 2.19. The van der Waals surface area contributed by atoms with Crippen molar-refractivity contribution in [2.45, 2.75) is 354 Å². The molecule has 0 aromatic rings. The van der Waals surface area contributed by atoms with Crippen LogP contribution >= 0.6 is 0 Å². The highest BCUT2D eigenvalue weighted by atomic mass is 16.6. The Morgan fingerprint density at radius 2 is 0.471 bits per heavy atom. The smallest absolute Gasteiger partial charge is 0.306 e. The molecular weight excluding hydrogens is 865 g/mol. The van der Waals surface area contributed by atoms with E-state index in [1.54, 1.807) is 0 Å². The second-order valence-corrected chi connectivity index (χ2v) is 21.3. The van der Waals surface area contributed by atoms with E-state index >= 15 is 0 Å². The number of hydrogen-bond acceptors (Lipinski definition) is 6. The fourth-order valence-corrected chi connectivity index (χ4v) is 9.44. The second-order valence-electron chi connectivity index (χ2n) is 21.3. The first-order valence-electron chi connectivity index (χ1n) is 31.3. The molecule has 0 radical (unpaired) electrons. The van der Waals surface area contributed by atoms with Crippen LogP contribution in [0.1, 0.15) is 348 Å². The van der Waals surface area contributed by atoms with Gasteiger partial charge in [0.05, 0.1) is 0 Å². The SMILES string of the molecule is CCCCCCCC/C=C\CCCCCCCCCCCCCC(=O)OC[C@H](COC(=O)CCCCCCCCCCCCCC)OC(=O)CCCCCCCCCCC/C=C\CCCCCCCC. The van der Waals surface area contributed by atoms with E-state index < -0.39 is 6.10 Å². The largest absolute Gasteiger partial charge is 0.462 e. The third-order valence-electron chi connectivity index (χ3n) is 14.2. The summed E-state index contributed by atoms with van der Waals surface area (Å²) < 4.78 is 16.9. The van der Waals surface area contributed by atoms with Gasteiger partial charge in [-0.1, -0.05) is 283 Å². The Balaban J connectivity index is 4.27. The lowest BCUT2D eigenvalue weighted by Gasteiger charge is -2.18. The summed E-state index contributed by atoms with van der Waals surface area (Å²) >= 11 is 0. The van der Waals surface area contributed by atoms with E-state index in [0.717, 1.165) is 57.8 Å².